The third-order valence-corrected chi connectivity index (χ3v) is 1.40. The number of aliphatic carboxylic acids is 1. The summed E-state index contributed by atoms with van der Waals surface area (Å²) in [5, 5.41) is 8.52. The van der Waals surface area contributed by atoms with Crippen molar-refractivity contribution in [2.45, 2.75) is 13.0 Å². The molecule has 0 heterocycles. The van der Waals surface area contributed by atoms with Crippen molar-refractivity contribution in [1.82, 2.24) is 0 Å². The van der Waals surface area contributed by atoms with E-state index in [1.807, 2.05) is 6.07 Å². The van der Waals surface area contributed by atoms with Crippen LogP contribution in [0.3, 0.4) is 0 Å². The first-order chi connectivity index (χ1) is 5.70. The van der Waals surface area contributed by atoms with Gasteiger partial charge >= 0.3 is 5.97 Å². The Kier molecular flexibility index (Phi) is 5.49. The maximum Gasteiger partial charge on any atom is 0.344 e. The first-order valence-corrected chi connectivity index (χ1v) is 3.64. The third-order valence-electron chi connectivity index (χ3n) is 1.40. The van der Waals surface area contributed by atoms with Crippen LogP contribution in [0.4, 0.5) is 0 Å². The summed E-state index contributed by atoms with van der Waals surface area (Å²) >= 11 is 0. The Hall–Kier alpha value is -0.744. The molecule has 0 fully saturated rings. The van der Waals surface area contributed by atoms with Crippen molar-refractivity contribution < 1.29 is 14.6 Å². The van der Waals surface area contributed by atoms with E-state index >= 15 is 0 Å². The van der Waals surface area contributed by atoms with Crippen molar-refractivity contribution in [2.75, 3.05) is 0 Å². The van der Waals surface area contributed by atoms with Crippen LogP contribution in [0.1, 0.15) is 6.92 Å². The molecule has 1 rings (SSSR count). The van der Waals surface area contributed by atoms with Crippen molar-refractivity contribution in [2.24, 2.45) is 0 Å². The van der Waals surface area contributed by atoms with E-state index in [0.29, 0.717) is 5.75 Å². The highest BCUT2D eigenvalue weighted by atomic mass is 24.3. The molecule has 0 saturated heterocycles. The van der Waals surface area contributed by atoms with Gasteiger partial charge in [0.25, 0.3) is 0 Å². The number of hydrogen-bond acceptors (Lipinski definition) is 2. The molecule has 66 valence electrons. The Labute approximate surface area is 92.9 Å². The second-order valence-electron chi connectivity index (χ2n) is 2.41. The second kappa shape index (κ2) is 5.83. The number of hydrogen-bond donors (Lipinski definition) is 1. The quantitative estimate of drug-likeness (QED) is 0.728. The summed E-state index contributed by atoms with van der Waals surface area (Å²) in [6.07, 6.45) is -0.799. The fraction of sp³-hybridized carbons (Fsp3) is 0.222. The number of ether oxygens (including phenoxy) is 1. The molecule has 0 aliphatic heterocycles. The minimum atomic E-state index is -0.959. The molecule has 1 aromatic rings. The van der Waals surface area contributed by atoms with Gasteiger partial charge in [0.2, 0.25) is 0 Å². The summed E-state index contributed by atoms with van der Waals surface area (Å²) in [5.74, 6) is -0.383. The van der Waals surface area contributed by atoms with Crippen LogP contribution in [0.5, 0.6) is 5.75 Å². The first kappa shape index (κ1) is 12.3. The SMILES string of the molecule is CC(Oc1ccccc1)C(=O)O.[Mg]. The number of carboxylic acid groups (broad SMARTS) is 1. The van der Waals surface area contributed by atoms with E-state index in [0.717, 1.165) is 0 Å². The maximum atomic E-state index is 10.4. The van der Waals surface area contributed by atoms with Crippen LogP contribution in [0, 0.1) is 0 Å². The van der Waals surface area contributed by atoms with Gasteiger partial charge in [0, 0.05) is 23.1 Å². The van der Waals surface area contributed by atoms with Crippen LogP contribution in [-0.4, -0.2) is 40.2 Å². The van der Waals surface area contributed by atoms with E-state index in [1.165, 1.54) is 6.92 Å². The number of para-hydroxylation sites is 1. The normalized spacial score (nSPS) is 11.2. The molecule has 13 heavy (non-hydrogen) atoms. The molecule has 0 aliphatic carbocycles. The molecule has 0 amide bonds. The van der Waals surface area contributed by atoms with Gasteiger partial charge in [-0.2, -0.15) is 0 Å². The van der Waals surface area contributed by atoms with Crippen molar-refractivity contribution in [1.29, 1.82) is 0 Å². The van der Waals surface area contributed by atoms with E-state index in [-0.39, 0.29) is 23.1 Å². The van der Waals surface area contributed by atoms with E-state index in [1.54, 1.807) is 24.3 Å². The molecule has 1 unspecified atom stereocenters. The summed E-state index contributed by atoms with van der Waals surface area (Å²) in [4.78, 5) is 10.4. The number of benzene rings is 1. The molecule has 3 nitrogen and oxygen atoms in total. The average Bonchev–Trinajstić information content (AvgIpc) is 2.06. The smallest absolute Gasteiger partial charge is 0.344 e. The monoisotopic (exact) mass is 190 g/mol. The molecular formula is C9H10MgO3. The van der Waals surface area contributed by atoms with Gasteiger partial charge in [0.15, 0.2) is 6.10 Å². The van der Waals surface area contributed by atoms with Gasteiger partial charge in [0.05, 0.1) is 0 Å². The van der Waals surface area contributed by atoms with Crippen molar-refractivity contribution in [3.05, 3.63) is 30.3 Å². The largest absolute Gasteiger partial charge is 0.479 e. The third kappa shape index (κ3) is 4.14. The maximum absolute atomic E-state index is 10.4. The number of carboxylic acids is 1. The molecule has 2 radical (unpaired) electrons. The van der Waals surface area contributed by atoms with Crippen LogP contribution in [0.2, 0.25) is 0 Å². The molecule has 0 aliphatic rings. The van der Waals surface area contributed by atoms with E-state index < -0.39 is 12.1 Å². The Morgan fingerprint density at radius 3 is 2.38 bits per heavy atom. The van der Waals surface area contributed by atoms with Crippen molar-refractivity contribution >= 4 is 29.0 Å². The van der Waals surface area contributed by atoms with Gasteiger partial charge < -0.3 is 9.84 Å². The summed E-state index contributed by atoms with van der Waals surface area (Å²) in [5.41, 5.74) is 0. The van der Waals surface area contributed by atoms with Crippen molar-refractivity contribution in [3.63, 3.8) is 0 Å². The van der Waals surface area contributed by atoms with E-state index in [2.05, 4.69) is 0 Å². The van der Waals surface area contributed by atoms with Crippen LogP contribution in [-0.2, 0) is 4.79 Å². The predicted molar refractivity (Wildman–Crippen MR) is 49.9 cm³/mol. The number of rotatable bonds is 3. The zero-order chi connectivity index (χ0) is 8.97. The highest BCUT2D eigenvalue weighted by Gasteiger charge is 2.11. The molecule has 0 saturated carbocycles. The van der Waals surface area contributed by atoms with Gasteiger partial charge in [-0.1, -0.05) is 18.2 Å². The lowest BCUT2D eigenvalue weighted by Crippen LogP contribution is -2.22. The second-order valence-corrected chi connectivity index (χ2v) is 2.41. The lowest BCUT2D eigenvalue weighted by molar-refractivity contribution is -0.144. The number of carbonyl (C=O) groups is 1. The minimum absolute atomic E-state index is 0. The fourth-order valence-electron chi connectivity index (χ4n) is 0.754. The Bertz CT molecular complexity index is 261. The lowest BCUT2D eigenvalue weighted by Gasteiger charge is -2.09. The summed E-state index contributed by atoms with van der Waals surface area (Å²) < 4.78 is 5.08. The standard InChI is InChI=1S/C9H10O3.Mg/c1-7(9(10)11)12-8-5-3-2-4-6-8;/h2-7H,1H3,(H,10,11);. The van der Waals surface area contributed by atoms with Gasteiger partial charge in [-0.05, 0) is 19.1 Å². The highest BCUT2D eigenvalue weighted by Crippen LogP contribution is 2.10. The molecule has 0 spiro atoms. The Balaban J connectivity index is 0.00000144. The predicted octanol–water partition coefficient (Wildman–Crippen LogP) is 1.16. The van der Waals surface area contributed by atoms with E-state index in [9.17, 15) is 4.79 Å². The molecule has 4 heteroatoms. The Morgan fingerprint density at radius 1 is 1.38 bits per heavy atom. The minimum Gasteiger partial charge on any atom is -0.479 e. The van der Waals surface area contributed by atoms with Crippen LogP contribution < -0.4 is 4.74 Å². The fourth-order valence-corrected chi connectivity index (χ4v) is 0.754. The van der Waals surface area contributed by atoms with E-state index in [4.69, 9.17) is 9.84 Å². The first-order valence-electron chi connectivity index (χ1n) is 3.64. The van der Waals surface area contributed by atoms with Crippen molar-refractivity contribution in [3.8, 4) is 5.75 Å². The topological polar surface area (TPSA) is 46.5 Å². The average molecular weight is 190 g/mol. The Morgan fingerprint density at radius 2 is 1.92 bits per heavy atom. The molecule has 1 atom stereocenters. The van der Waals surface area contributed by atoms with Crippen LogP contribution >= 0.6 is 0 Å². The highest BCUT2D eigenvalue weighted by molar-refractivity contribution is 5.75. The summed E-state index contributed by atoms with van der Waals surface area (Å²) in [6.45, 7) is 1.50. The van der Waals surface area contributed by atoms with Gasteiger partial charge in [0.1, 0.15) is 5.75 Å². The molecular weight excluding hydrogens is 180 g/mol. The van der Waals surface area contributed by atoms with Gasteiger partial charge in [-0.15, -0.1) is 0 Å². The van der Waals surface area contributed by atoms with Gasteiger partial charge in [-0.25, -0.2) is 4.79 Å². The molecule has 0 aromatic heterocycles. The lowest BCUT2D eigenvalue weighted by atomic mass is 10.3. The molecule has 0 bridgehead atoms. The zero-order valence-corrected chi connectivity index (χ0v) is 8.85. The van der Waals surface area contributed by atoms with Gasteiger partial charge in [-0.3, -0.25) is 0 Å². The summed E-state index contributed by atoms with van der Waals surface area (Å²) in [6, 6.07) is 8.88. The van der Waals surface area contributed by atoms with Crippen LogP contribution in [0.25, 0.3) is 0 Å². The summed E-state index contributed by atoms with van der Waals surface area (Å²) in [7, 11) is 0. The zero-order valence-electron chi connectivity index (χ0n) is 7.43. The molecule has 1 aromatic carbocycles. The molecule has 1 N–H and O–H groups in total. The van der Waals surface area contributed by atoms with Crippen LogP contribution in [0.15, 0.2) is 30.3 Å².